The van der Waals surface area contributed by atoms with Gasteiger partial charge in [-0.05, 0) is 12.5 Å². The van der Waals surface area contributed by atoms with Crippen LogP contribution < -0.4 is 5.32 Å². The summed E-state index contributed by atoms with van der Waals surface area (Å²) in [4.78, 5) is 34.3. The van der Waals surface area contributed by atoms with Crippen molar-refractivity contribution in [3.8, 4) is 0 Å². The molecular weight excluding hydrogens is 308 g/mol. The van der Waals surface area contributed by atoms with Crippen LogP contribution >= 0.6 is 0 Å². The van der Waals surface area contributed by atoms with Crippen molar-refractivity contribution >= 4 is 17.5 Å². The molecule has 0 bridgehead atoms. The predicted molar refractivity (Wildman–Crippen MR) is 86.9 cm³/mol. The number of aromatic nitrogens is 2. The van der Waals surface area contributed by atoms with Gasteiger partial charge in [0.25, 0.3) is 0 Å². The molecule has 0 spiro atoms. The first-order valence-corrected chi connectivity index (χ1v) is 7.66. The predicted octanol–water partition coefficient (Wildman–Crippen LogP) is 1.23. The van der Waals surface area contributed by atoms with E-state index in [-0.39, 0.29) is 18.4 Å². The minimum Gasteiger partial charge on any atom is -0.366 e. The van der Waals surface area contributed by atoms with E-state index in [1.807, 2.05) is 30.3 Å². The number of amides is 2. The molecule has 24 heavy (non-hydrogen) atoms. The summed E-state index contributed by atoms with van der Waals surface area (Å²) in [5.74, 6) is -0.525. The lowest BCUT2D eigenvalue weighted by Crippen LogP contribution is -2.58. The molecule has 0 unspecified atom stereocenters. The van der Waals surface area contributed by atoms with Gasteiger partial charge in [-0.1, -0.05) is 30.3 Å². The lowest BCUT2D eigenvalue weighted by atomic mass is 10.1. The van der Waals surface area contributed by atoms with Crippen LogP contribution in [0.3, 0.4) is 0 Å². The second-order valence-electron chi connectivity index (χ2n) is 5.58. The SMILES string of the molecule is C[C@H]1OCC(=O)N(Cc2ccccc2)[C@@H]1C(=O)Nc1cncnc1. The Morgan fingerprint density at radius 1 is 1.29 bits per heavy atom. The van der Waals surface area contributed by atoms with Crippen molar-refractivity contribution in [2.75, 3.05) is 11.9 Å². The van der Waals surface area contributed by atoms with E-state index in [2.05, 4.69) is 15.3 Å². The molecular formula is C17H18N4O3. The number of hydrogen-bond donors (Lipinski definition) is 1. The molecule has 1 N–H and O–H groups in total. The molecule has 2 heterocycles. The van der Waals surface area contributed by atoms with Crippen molar-refractivity contribution in [2.45, 2.75) is 25.6 Å². The van der Waals surface area contributed by atoms with Gasteiger partial charge in [-0.15, -0.1) is 0 Å². The fourth-order valence-corrected chi connectivity index (χ4v) is 2.69. The Balaban J connectivity index is 1.80. The first kappa shape index (κ1) is 16.1. The standard InChI is InChI=1S/C17H18N4O3/c1-12-16(17(23)20-14-7-18-11-19-8-14)21(15(22)10-24-12)9-13-5-3-2-4-6-13/h2-8,11-12,16H,9-10H2,1H3,(H,20,23)/t12-,16+/m1/s1. The van der Waals surface area contributed by atoms with Crippen LogP contribution in [0.25, 0.3) is 0 Å². The molecule has 3 rings (SSSR count). The molecule has 0 saturated carbocycles. The highest BCUT2D eigenvalue weighted by Gasteiger charge is 2.39. The summed E-state index contributed by atoms with van der Waals surface area (Å²) < 4.78 is 5.45. The van der Waals surface area contributed by atoms with Crippen LogP contribution in [-0.4, -0.2) is 45.4 Å². The van der Waals surface area contributed by atoms with Crippen molar-refractivity contribution in [2.24, 2.45) is 0 Å². The largest absolute Gasteiger partial charge is 0.366 e. The minimum atomic E-state index is -0.716. The number of rotatable bonds is 4. The highest BCUT2D eigenvalue weighted by Crippen LogP contribution is 2.20. The number of carbonyl (C=O) groups excluding carboxylic acids is 2. The third-order valence-electron chi connectivity index (χ3n) is 3.86. The fourth-order valence-electron chi connectivity index (χ4n) is 2.69. The van der Waals surface area contributed by atoms with Crippen molar-refractivity contribution in [1.29, 1.82) is 0 Å². The summed E-state index contributed by atoms with van der Waals surface area (Å²) in [7, 11) is 0. The zero-order valence-electron chi connectivity index (χ0n) is 13.3. The second kappa shape index (κ2) is 7.18. The van der Waals surface area contributed by atoms with Crippen molar-refractivity contribution in [3.05, 3.63) is 54.6 Å². The first-order valence-electron chi connectivity index (χ1n) is 7.66. The summed E-state index contributed by atoms with van der Waals surface area (Å²) in [6.45, 7) is 2.12. The molecule has 1 fully saturated rings. The van der Waals surface area contributed by atoms with Crippen LogP contribution in [0, 0.1) is 0 Å². The zero-order chi connectivity index (χ0) is 16.9. The molecule has 1 aliphatic heterocycles. The van der Waals surface area contributed by atoms with E-state index in [0.717, 1.165) is 5.56 Å². The first-order chi connectivity index (χ1) is 11.6. The van der Waals surface area contributed by atoms with Gasteiger partial charge < -0.3 is 15.0 Å². The molecule has 0 aliphatic carbocycles. The lowest BCUT2D eigenvalue weighted by Gasteiger charge is -2.38. The van der Waals surface area contributed by atoms with Gasteiger partial charge in [0.05, 0.1) is 24.2 Å². The molecule has 2 amide bonds. The number of morpholine rings is 1. The van der Waals surface area contributed by atoms with Crippen LogP contribution in [0.15, 0.2) is 49.1 Å². The van der Waals surface area contributed by atoms with Gasteiger partial charge in [0.2, 0.25) is 11.8 Å². The van der Waals surface area contributed by atoms with E-state index in [9.17, 15) is 9.59 Å². The molecule has 7 nitrogen and oxygen atoms in total. The number of benzene rings is 1. The topological polar surface area (TPSA) is 84.4 Å². The minimum absolute atomic E-state index is 0.0216. The van der Waals surface area contributed by atoms with Crippen molar-refractivity contribution in [3.63, 3.8) is 0 Å². The molecule has 1 saturated heterocycles. The molecule has 1 aromatic heterocycles. The van der Waals surface area contributed by atoms with E-state index in [0.29, 0.717) is 12.2 Å². The average Bonchev–Trinajstić information content (AvgIpc) is 2.60. The molecule has 2 aromatic rings. The average molecular weight is 326 g/mol. The van der Waals surface area contributed by atoms with Gasteiger partial charge in [-0.2, -0.15) is 0 Å². The fraction of sp³-hybridized carbons (Fsp3) is 0.294. The number of carbonyl (C=O) groups is 2. The lowest BCUT2D eigenvalue weighted by molar-refractivity contribution is -0.161. The molecule has 1 aliphatic rings. The Morgan fingerprint density at radius 2 is 2.00 bits per heavy atom. The van der Waals surface area contributed by atoms with Crippen molar-refractivity contribution in [1.82, 2.24) is 14.9 Å². The van der Waals surface area contributed by atoms with Gasteiger partial charge in [0.1, 0.15) is 19.0 Å². The molecule has 124 valence electrons. The van der Waals surface area contributed by atoms with Gasteiger partial charge in [-0.3, -0.25) is 9.59 Å². The van der Waals surface area contributed by atoms with E-state index in [4.69, 9.17) is 4.74 Å². The highest BCUT2D eigenvalue weighted by atomic mass is 16.5. The van der Waals surface area contributed by atoms with Gasteiger partial charge >= 0.3 is 0 Å². The summed E-state index contributed by atoms with van der Waals surface area (Å²) >= 11 is 0. The van der Waals surface area contributed by atoms with Gasteiger partial charge in [0, 0.05) is 6.54 Å². The Bertz CT molecular complexity index is 708. The zero-order valence-corrected chi connectivity index (χ0v) is 13.3. The summed E-state index contributed by atoms with van der Waals surface area (Å²) in [5.41, 5.74) is 1.44. The van der Waals surface area contributed by atoms with Crippen LogP contribution in [0.2, 0.25) is 0 Å². The van der Waals surface area contributed by atoms with Gasteiger partial charge in [-0.25, -0.2) is 9.97 Å². The third-order valence-corrected chi connectivity index (χ3v) is 3.86. The van der Waals surface area contributed by atoms with Crippen LogP contribution in [0.5, 0.6) is 0 Å². The van der Waals surface area contributed by atoms with E-state index in [1.54, 1.807) is 11.8 Å². The Kier molecular flexibility index (Phi) is 4.81. The van der Waals surface area contributed by atoms with Crippen molar-refractivity contribution < 1.29 is 14.3 Å². The van der Waals surface area contributed by atoms with Crippen LogP contribution in [-0.2, 0) is 20.9 Å². The Labute approximate surface area is 139 Å². The smallest absolute Gasteiger partial charge is 0.249 e. The monoisotopic (exact) mass is 326 g/mol. The van der Waals surface area contributed by atoms with E-state index < -0.39 is 12.1 Å². The second-order valence-corrected chi connectivity index (χ2v) is 5.58. The molecule has 2 atom stereocenters. The molecule has 0 radical (unpaired) electrons. The highest BCUT2D eigenvalue weighted by molar-refractivity contribution is 5.98. The number of hydrogen-bond acceptors (Lipinski definition) is 5. The maximum atomic E-state index is 12.7. The summed E-state index contributed by atoms with van der Waals surface area (Å²) in [6.07, 6.45) is 3.98. The van der Waals surface area contributed by atoms with Gasteiger partial charge in [0.15, 0.2) is 0 Å². The van der Waals surface area contributed by atoms with Crippen LogP contribution in [0.4, 0.5) is 5.69 Å². The molecule has 1 aromatic carbocycles. The van der Waals surface area contributed by atoms with Crippen LogP contribution in [0.1, 0.15) is 12.5 Å². The summed E-state index contributed by atoms with van der Waals surface area (Å²) in [5, 5.41) is 2.74. The van der Waals surface area contributed by atoms with E-state index >= 15 is 0 Å². The Hall–Kier alpha value is -2.80. The maximum Gasteiger partial charge on any atom is 0.249 e. The maximum absolute atomic E-state index is 12.7. The normalized spacial score (nSPS) is 20.7. The summed E-state index contributed by atoms with van der Waals surface area (Å²) in [6, 6.07) is 8.85. The Morgan fingerprint density at radius 3 is 2.71 bits per heavy atom. The number of nitrogens with zero attached hydrogens (tertiary/aromatic N) is 3. The number of anilines is 1. The number of nitrogens with one attached hydrogen (secondary N) is 1. The number of ether oxygens (including phenoxy) is 1. The third kappa shape index (κ3) is 3.57. The van der Waals surface area contributed by atoms with E-state index in [1.165, 1.54) is 18.7 Å². The molecule has 7 heteroatoms. The quantitative estimate of drug-likeness (QED) is 0.913.